The van der Waals surface area contributed by atoms with E-state index >= 15 is 0 Å². The highest BCUT2D eigenvalue weighted by Crippen LogP contribution is 2.46. The van der Waals surface area contributed by atoms with Gasteiger partial charge < -0.3 is 50.2 Å². The van der Waals surface area contributed by atoms with E-state index in [0.29, 0.717) is 81.6 Å². The molecule has 0 bridgehead atoms. The Labute approximate surface area is 442 Å². The molecule has 0 fully saturated rings. The van der Waals surface area contributed by atoms with Crippen LogP contribution in [0.3, 0.4) is 0 Å². The van der Waals surface area contributed by atoms with E-state index in [1.165, 1.54) is 14.2 Å². The minimum atomic E-state index is -0.998. The van der Waals surface area contributed by atoms with Crippen LogP contribution in [-0.2, 0) is 45.2 Å². The van der Waals surface area contributed by atoms with Gasteiger partial charge >= 0.3 is 0 Å². The van der Waals surface area contributed by atoms with Crippen molar-refractivity contribution in [3.8, 4) is 23.0 Å². The first-order chi connectivity index (χ1) is 36.2. The largest absolute Gasteiger partial charge is 0.493 e. The molecule has 20 heteroatoms. The van der Waals surface area contributed by atoms with Crippen LogP contribution in [0.25, 0.3) is 0 Å². The number of carbonyl (C=O) groups is 5. The molecule has 5 aromatic rings. The number of aliphatic imine (C=N–C) groups is 2. The Bertz CT molecular complexity index is 3090. The molecule has 75 heavy (non-hydrogen) atoms. The van der Waals surface area contributed by atoms with Crippen molar-refractivity contribution >= 4 is 92.0 Å². The van der Waals surface area contributed by atoms with Crippen LogP contribution in [0.2, 0.25) is 0 Å². The number of aliphatic hydroxyl groups is 1. The average molecular weight is 1060 g/mol. The van der Waals surface area contributed by atoms with Gasteiger partial charge in [-0.05, 0) is 91.2 Å². The summed E-state index contributed by atoms with van der Waals surface area (Å²) in [5, 5.41) is 22.1. The number of aliphatic hydroxyl groups excluding tert-OH is 1. The molecule has 4 aliphatic heterocycles. The molecule has 18 nitrogen and oxygen atoms in total. The predicted molar refractivity (Wildman–Crippen MR) is 292 cm³/mol. The van der Waals surface area contributed by atoms with E-state index in [4.69, 9.17) is 28.9 Å². The Balaban J connectivity index is 0.889. The lowest BCUT2D eigenvalue weighted by Gasteiger charge is -2.29. The fourth-order valence-electron chi connectivity index (χ4n) is 9.50. The van der Waals surface area contributed by atoms with Crippen molar-refractivity contribution in [2.75, 3.05) is 55.2 Å². The number of para-hydroxylation sites is 2. The Hall–Kier alpha value is -7.55. The summed E-state index contributed by atoms with van der Waals surface area (Å²) in [5.41, 5.74) is 7.46. The minimum Gasteiger partial charge on any atom is -0.493 e. The number of amides is 5. The fourth-order valence-corrected chi connectivity index (χ4v) is 11.7. The first-order valence-corrected chi connectivity index (χ1v) is 26.9. The van der Waals surface area contributed by atoms with Gasteiger partial charge in [0.1, 0.15) is 13.2 Å². The van der Waals surface area contributed by atoms with Crippen molar-refractivity contribution in [3.63, 3.8) is 0 Å². The third-order valence-corrected chi connectivity index (χ3v) is 15.8. The highest BCUT2D eigenvalue weighted by atomic mass is 33.1. The molecular weight excluding hydrogens is 997 g/mol. The molecule has 9 rings (SSSR count). The van der Waals surface area contributed by atoms with Crippen molar-refractivity contribution in [3.05, 3.63) is 124 Å². The third kappa shape index (κ3) is 12.0. The van der Waals surface area contributed by atoms with Gasteiger partial charge in [-0.25, -0.2) is 0 Å². The monoisotopic (exact) mass is 1050 g/mol. The Morgan fingerprint density at radius 2 is 1.25 bits per heavy atom. The summed E-state index contributed by atoms with van der Waals surface area (Å²) in [6.07, 6.45) is 6.84. The van der Waals surface area contributed by atoms with E-state index < -0.39 is 37.0 Å². The molecule has 0 radical (unpaired) electrons. The summed E-state index contributed by atoms with van der Waals surface area (Å²) in [7, 11) is 6.31. The van der Waals surface area contributed by atoms with E-state index in [2.05, 4.69) is 27.3 Å². The Morgan fingerprint density at radius 3 is 1.92 bits per heavy atom. The Kier molecular flexibility index (Phi) is 16.0. The van der Waals surface area contributed by atoms with E-state index in [9.17, 15) is 29.1 Å². The summed E-state index contributed by atoms with van der Waals surface area (Å²) < 4.78 is 24.2. The molecule has 4 heterocycles. The van der Waals surface area contributed by atoms with Gasteiger partial charge in [0.15, 0.2) is 29.2 Å². The second kappa shape index (κ2) is 22.9. The van der Waals surface area contributed by atoms with Crippen LogP contribution in [0.5, 0.6) is 23.0 Å². The van der Waals surface area contributed by atoms with Gasteiger partial charge in [-0.1, -0.05) is 58.0 Å². The molecule has 390 valence electrons. The maximum Gasteiger partial charge on any atom is 0.261 e. The second-order valence-corrected chi connectivity index (χ2v) is 22.0. The highest BCUT2D eigenvalue weighted by molar-refractivity contribution is 8.76. The SMILES string of the molecule is COc1cc2c(cc1OCc1cc(COc3cc4c(cc3OC)C(O)N3c5ccccc5C[C@H]3C=N4)cc(NC(=O)CNC(=O)CNC(=O)CNC(=O)CCC(C)(C)SSC)c1)N=C[C@@H]1Cc3ccccc3N1C2=O. The molecule has 5 aromatic carbocycles. The standard InChI is InChI=1S/C55H58N8O10S2/c1-55(2,75-74-5)15-14-49(64)58-27-50(65)59-28-51(66)60-29-52(67)61-36-17-32(30-72-47-23-41-39(21-45(47)70-3)53(68)62-37(25-56-41)19-34-10-6-8-12-43(34)62)16-33(18-36)31-73-48-24-42-40(22-46(48)71-4)54(69)63-38(26-57-42)20-35-11-7-9-13-44(35)63/h6-13,16-18,21-26,37-38,53,68H,14-15,19-20,27-31H2,1-5H3,(H,58,64)(H,59,65)(H,60,66)(H,61,67)/t37-,38-,53?/m0/s1. The summed E-state index contributed by atoms with van der Waals surface area (Å²) >= 11 is 0. The summed E-state index contributed by atoms with van der Waals surface area (Å²) in [6, 6.07) is 27.5. The van der Waals surface area contributed by atoms with Gasteiger partial charge in [0.2, 0.25) is 23.6 Å². The first-order valence-electron chi connectivity index (χ1n) is 24.4. The van der Waals surface area contributed by atoms with Crippen LogP contribution >= 0.6 is 21.6 Å². The molecule has 0 spiro atoms. The number of ether oxygens (including phenoxy) is 4. The molecule has 0 aliphatic carbocycles. The third-order valence-electron chi connectivity index (χ3n) is 13.2. The van der Waals surface area contributed by atoms with Gasteiger partial charge in [0, 0.05) is 71.2 Å². The predicted octanol–water partition coefficient (Wildman–Crippen LogP) is 7.14. The lowest BCUT2D eigenvalue weighted by atomic mass is 10.1. The maximum atomic E-state index is 14.1. The van der Waals surface area contributed by atoms with Crippen molar-refractivity contribution in [2.24, 2.45) is 9.98 Å². The Morgan fingerprint density at radius 1 is 0.693 bits per heavy atom. The lowest BCUT2D eigenvalue weighted by molar-refractivity contribution is -0.128. The van der Waals surface area contributed by atoms with Crippen LogP contribution in [-0.4, -0.2) is 104 Å². The molecular formula is C55H58N8O10S2. The molecule has 3 atom stereocenters. The van der Waals surface area contributed by atoms with Crippen molar-refractivity contribution in [1.82, 2.24) is 16.0 Å². The van der Waals surface area contributed by atoms with Crippen molar-refractivity contribution in [1.29, 1.82) is 0 Å². The summed E-state index contributed by atoms with van der Waals surface area (Å²) in [5.74, 6) is -0.790. The quantitative estimate of drug-likeness (QED) is 0.0490. The van der Waals surface area contributed by atoms with Crippen LogP contribution in [0, 0.1) is 0 Å². The zero-order valence-electron chi connectivity index (χ0n) is 42.1. The van der Waals surface area contributed by atoms with Gasteiger partial charge in [-0.15, -0.1) is 0 Å². The van der Waals surface area contributed by atoms with Gasteiger partial charge in [0.05, 0.1) is 62.9 Å². The normalized spacial score (nSPS) is 16.7. The van der Waals surface area contributed by atoms with E-state index in [0.717, 1.165) is 22.5 Å². The molecule has 1 unspecified atom stereocenters. The molecule has 0 saturated heterocycles. The average Bonchev–Trinajstić information content (AvgIpc) is 3.90. The van der Waals surface area contributed by atoms with E-state index in [1.807, 2.05) is 79.7 Å². The molecule has 0 aromatic heterocycles. The van der Waals surface area contributed by atoms with Crippen LogP contribution in [0.15, 0.2) is 101 Å². The van der Waals surface area contributed by atoms with Gasteiger partial charge in [-0.3, -0.25) is 38.9 Å². The number of hydrogen-bond donors (Lipinski definition) is 5. The number of anilines is 3. The highest BCUT2D eigenvalue weighted by Gasteiger charge is 2.38. The molecule has 5 amide bonds. The number of rotatable bonds is 20. The van der Waals surface area contributed by atoms with Crippen molar-refractivity contribution < 1.29 is 48.0 Å². The smallest absolute Gasteiger partial charge is 0.261 e. The van der Waals surface area contributed by atoms with Crippen LogP contribution in [0.4, 0.5) is 28.4 Å². The summed E-state index contributed by atoms with van der Waals surface area (Å²) in [6.45, 7) is 2.96. The number of carbonyl (C=O) groups excluding carboxylic acids is 5. The number of fused-ring (bicyclic) bond motifs is 8. The zero-order valence-corrected chi connectivity index (χ0v) is 43.8. The van der Waals surface area contributed by atoms with Crippen LogP contribution < -0.4 is 50.0 Å². The number of nitrogens with one attached hydrogen (secondary N) is 4. The maximum absolute atomic E-state index is 14.1. The van der Waals surface area contributed by atoms with Gasteiger partial charge in [0.25, 0.3) is 5.91 Å². The summed E-state index contributed by atoms with van der Waals surface area (Å²) in [4.78, 5) is 78.1. The fraction of sp³-hybridized carbons (Fsp3) is 0.327. The van der Waals surface area contributed by atoms with Crippen molar-refractivity contribution in [2.45, 2.75) is 75.8 Å². The minimum absolute atomic E-state index is 0.00794. The number of methoxy groups -OCH3 is 2. The number of hydrogen-bond acceptors (Lipinski definition) is 15. The number of nitrogens with zero attached hydrogens (tertiary/aromatic N) is 4. The molecule has 5 N–H and O–H groups in total. The van der Waals surface area contributed by atoms with Crippen LogP contribution in [0.1, 0.15) is 71.1 Å². The second-order valence-electron chi connectivity index (χ2n) is 18.9. The molecule has 4 aliphatic rings. The zero-order chi connectivity index (χ0) is 52.8. The first kappa shape index (κ1) is 52.3. The lowest BCUT2D eigenvalue weighted by Crippen LogP contribution is -2.43. The molecule has 0 saturated carbocycles. The number of benzene rings is 5. The van der Waals surface area contributed by atoms with E-state index in [-0.39, 0.29) is 54.8 Å². The topological polar surface area (TPSA) is 222 Å². The van der Waals surface area contributed by atoms with Gasteiger partial charge in [-0.2, -0.15) is 0 Å². The van der Waals surface area contributed by atoms with E-state index in [1.54, 1.807) is 69.1 Å².